The number of para-hydroxylation sites is 1. The highest BCUT2D eigenvalue weighted by molar-refractivity contribution is 6.36. The van der Waals surface area contributed by atoms with Crippen LogP contribution in [0.15, 0.2) is 60.3 Å². The Morgan fingerprint density at radius 2 is 1.68 bits per heavy atom. The lowest BCUT2D eigenvalue weighted by Crippen LogP contribution is -2.35. The van der Waals surface area contributed by atoms with Crippen molar-refractivity contribution in [1.82, 2.24) is 4.90 Å². The van der Waals surface area contributed by atoms with E-state index < -0.39 is 17.6 Å². The SMILES string of the molecule is COCCN1C(=O)C(Nc2ccccc2)=C(c2ccc(F)cc2)C1=O. The van der Waals surface area contributed by atoms with Gasteiger partial charge in [0.1, 0.15) is 11.5 Å². The van der Waals surface area contributed by atoms with E-state index in [1.54, 1.807) is 12.1 Å². The third-order valence-electron chi connectivity index (χ3n) is 3.86. The van der Waals surface area contributed by atoms with Gasteiger partial charge in [0, 0.05) is 12.8 Å². The van der Waals surface area contributed by atoms with E-state index in [0.717, 1.165) is 4.90 Å². The van der Waals surface area contributed by atoms with Crippen molar-refractivity contribution >= 4 is 23.1 Å². The van der Waals surface area contributed by atoms with Crippen molar-refractivity contribution < 1.29 is 18.7 Å². The lowest BCUT2D eigenvalue weighted by molar-refractivity contribution is -0.137. The quantitative estimate of drug-likeness (QED) is 0.822. The van der Waals surface area contributed by atoms with Gasteiger partial charge >= 0.3 is 0 Å². The highest BCUT2D eigenvalue weighted by atomic mass is 19.1. The number of benzene rings is 2. The van der Waals surface area contributed by atoms with E-state index in [-0.39, 0.29) is 24.4 Å². The largest absolute Gasteiger partial charge is 0.383 e. The molecule has 1 aliphatic heterocycles. The van der Waals surface area contributed by atoms with Gasteiger partial charge in [-0.15, -0.1) is 0 Å². The topological polar surface area (TPSA) is 58.6 Å². The average Bonchev–Trinajstić information content (AvgIpc) is 2.85. The monoisotopic (exact) mass is 340 g/mol. The Morgan fingerprint density at radius 3 is 2.32 bits per heavy atom. The van der Waals surface area contributed by atoms with Crippen LogP contribution in [-0.4, -0.2) is 37.0 Å². The Labute approximate surface area is 144 Å². The van der Waals surface area contributed by atoms with Crippen molar-refractivity contribution in [3.63, 3.8) is 0 Å². The summed E-state index contributed by atoms with van der Waals surface area (Å²) in [6.45, 7) is 0.394. The van der Waals surface area contributed by atoms with Crippen molar-refractivity contribution in [1.29, 1.82) is 0 Å². The van der Waals surface area contributed by atoms with Gasteiger partial charge in [-0.1, -0.05) is 30.3 Å². The van der Waals surface area contributed by atoms with Crippen molar-refractivity contribution in [3.8, 4) is 0 Å². The van der Waals surface area contributed by atoms with E-state index in [0.29, 0.717) is 11.3 Å². The fourth-order valence-electron chi connectivity index (χ4n) is 2.63. The minimum atomic E-state index is -0.426. The normalized spacial score (nSPS) is 14.4. The van der Waals surface area contributed by atoms with Crippen LogP contribution in [0.4, 0.5) is 10.1 Å². The fraction of sp³-hybridized carbons (Fsp3) is 0.158. The zero-order chi connectivity index (χ0) is 17.8. The van der Waals surface area contributed by atoms with Gasteiger partial charge in [-0.2, -0.15) is 0 Å². The molecule has 0 unspecified atom stereocenters. The highest BCUT2D eigenvalue weighted by Gasteiger charge is 2.38. The summed E-state index contributed by atoms with van der Waals surface area (Å²) in [5, 5.41) is 3.02. The van der Waals surface area contributed by atoms with Crippen LogP contribution < -0.4 is 5.32 Å². The maximum Gasteiger partial charge on any atom is 0.278 e. The summed E-state index contributed by atoms with van der Waals surface area (Å²) in [7, 11) is 1.50. The van der Waals surface area contributed by atoms with Crippen LogP contribution in [0.2, 0.25) is 0 Å². The Bertz CT molecular complexity index is 816. The summed E-state index contributed by atoms with van der Waals surface area (Å²) < 4.78 is 18.2. The van der Waals surface area contributed by atoms with Crippen molar-refractivity contribution in [2.45, 2.75) is 0 Å². The number of ether oxygens (including phenoxy) is 1. The Morgan fingerprint density at radius 1 is 1.00 bits per heavy atom. The number of carbonyl (C=O) groups is 2. The Kier molecular flexibility index (Phi) is 4.90. The predicted molar refractivity (Wildman–Crippen MR) is 92.0 cm³/mol. The van der Waals surface area contributed by atoms with E-state index >= 15 is 0 Å². The van der Waals surface area contributed by atoms with Crippen LogP contribution in [0.25, 0.3) is 5.57 Å². The predicted octanol–water partition coefficient (Wildman–Crippen LogP) is 2.66. The summed E-state index contributed by atoms with van der Waals surface area (Å²) in [4.78, 5) is 26.6. The number of hydrogen-bond donors (Lipinski definition) is 1. The first kappa shape index (κ1) is 16.9. The molecule has 3 rings (SSSR count). The van der Waals surface area contributed by atoms with Gasteiger partial charge in [0.25, 0.3) is 11.8 Å². The van der Waals surface area contributed by atoms with Gasteiger partial charge in [0.05, 0.1) is 18.7 Å². The smallest absolute Gasteiger partial charge is 0.278 e. The lowest BCUT2D eigenvalue weighted by atomic mass is 10.0. The second-order valence-electron chi connectivity index (χ2n) is 5.50. The Balaban J connectivity index is 2.02. The molecule has 0 atom stereocenters. The van der Waals surface area contributed by atoms with Crippen LogP contribution in [0, 0.1) is 5.82 Å². The second-order valence-corrected chi connectivity index (χ2v) is 5.50. The van der Waals surface area contributed by atoms with E-state index in [4.69, 9.17) is 4.74 Å². The standard InChI is InChI=1S/C19H17FN2O3/c1-25-12-11-22-18(23)16(13-7-9-14(20)10-8-13)17(19(22)24)21-15-5-3-2-4-6-15/h2-10,21H,11-12H2,1H3. The molecule has 2 amide bonds. The van der Waals surface area contributed by atoms with Crippen LogP contribution in [0.1, 0.15) is 5.56 Å². The van der Waals surface area contributed by atoms with E-state index in [1.807, 2.05) is 18.2 Å². The molecule has 0 spiro atoms. The number of anilines is 1. The molecule has 6 heteroatoms. The summed E-state index contributed by atoms with van der Waals surface area (Å²) in [5.74, 6) is -1.26. The minimum Gasteiger partial charge on any atom is -0.383 e. The molecule has 0 fully saturated rings. The number of imide groups is 1. The first-order valence-corrected chi connectivity index (χ1v) is 7.79. The first-order chi connectivity index (χ1) is 12.1. The van der Waals surface area contributed by atoms with Crippen molar-refractivity contribution in [3.05, 3.63) is 71.7 Å². The summed E-state index contributed by atoms with van der Waals surface area (Å²) in [6, 6.07) is 14.6. The maximum absolute atomic E-state index is 13.2. The van der Waals surface area contributed by atoms with Crippen LogP contribution >= 0.6 is 0 Å². The number of methoxy groups -OCH3 is 1. The average molecular weight is 340 g/mol. The number of nitrogens with one attached hydrogen (secondary N) is 1. The molecule has 1 heterocycles. The molecule has 2 aromatic rings. The molecule has 2 aromatic carbocycles. The molecular formula is C19H17FN2O3. The maximum atomic E-state index is 13.2. The van der Waals surface area contributed by atoms with E-state index in [2.05, 4.69) is 5.32 Å². The van der Waals surface area contributed by atoms with Crippen molar-refractivity contribution in [2.24, 2.45) is 0 Å². The van der Waals surface area contributed by atoms with Gasteiger partial charge in [-0.25, -0.2) is 4.39 Å². The third kappa shape index (κ3) is 3.44. The molecule has 5 nitrogen and oxygen atoms in total. The minimum absolute atomic E-state index is 0.152. The van der Waals surface area contributed by atoms with Gasteiger partial charge in [0.2, 0.25) is 0 Å². The van der Waals surface area contributed by atoms with Crippen LogP contribution in [0.3, 0.4) is 0 Å². The number of rotatable bonds is 6. The van der Waals surface area contributed by atoms with Gasteiger partial charge in [-0.05, 0) is 29.8 Å². The highest BCUT2D eigenvalue weighted by Crippen LogP contribution is 2.30. The molecule has 128 valence electrons. The first-order valence-electron chi connectivity index (χ1n) is 7.79. The molecule has 25 heavy (non-hydrogen) atoms. The van der Waals surface area contributed by atoms with E-state index in [1.165, 1.54) is 31.4 Å². The summed E-state index contributed by atoms with van der Waals surface area (Å²) in [5.41, 5.74) is 1.58. The molecule has 0 aliphatic carbocycles. The van der Waals surface area contributed by atoms with Crippen LogP contribution in [-0.2, 0) is 14.3 Å². The molecule has 0 saturated heterocycles. The Hall–Kier alpha value is -2.99. The number of amides is 2. The van der Waals surface area contributed by atoms with Crippen molar-refractivity contribution in [2.75, 3.05) is 25.6 Å². The number of nitrogens with zero attached hydrogens (tertiary/aromatic N) is 1. The van der Waals surface area contributed by atoms with Gasteiger partial charge in [-0.3, -0.25) is 14.5 Å². The fourth-order valence-corrected chi connectivity index (χ4v) is 2.63. The van der Waals surface area contributed by atoms with E-state index in [9.17, 15) is 14.0 Å². The molecule has 0 bridgehead atoms. The number of halogens is 1. The van der Waals surface area contributed by atoms with Crippen LogP contribution in [0.5, 0.6) is 0 Å². The molecule has 0 saturated carbocycles. The number of hydrogen-bond acceptors (Lipinski definition) is 4. The van der Waals surface area contributed by atoms with Gasteiger partial charge in [0.15, 0.2) is 0 Å². The molecule has 1 aliphatic rings. The zero-order valence-corrected chi connectivity index (χ0v) is 13.7. The number of carbonyl (C=O) groups excluding carboxylic acids is 2. The second kappa shape index (κ2) is 7.27. The molecule has 0 aromatic heterocycles. The molecular weight excluding hydrogens is 323 g/mol. The zero-order valence-electron chi connectivity index (χ0n) is 13.7. The van der Waals surface area contributed by atoms with Gasteiger partial charge < -0.3 is 10.1 Å². The summed E-state index contributed by atoms with van der Waals surface area (Å²) >= 11 is 0. The third-order valence-corrected chi connectivity index (χ3v) is 3.86. The lowest BCUT2D eigenvalue weighted by Gasteiger charge is -2.14. The molecule has 1 N–H and O–H groups in total. The molecule has 0 radical (unpaired) electrons. The summed E-state index contributed by atoms with van der Waals surface area (Å²) in [6.07, 6.45) is 0.